The van der Waals surface area contributed by atoms with Crippen molar-refractivity contribution in [3.05, 3.63) is 58.6 Å². The molecule has 0 amide bonds. The first kappa shape index (κ1) is 13.7. The van der Waals surface area contributed by atoms with Crippen LogP contribution in [0.3, 0.4) is 0 Å². The van der Waals surface area contributed by atoms with Gasteiger partial charge in [-0.3, -0.25) is 10.1 Å². The molecule has 0 unspecified atom stereocenters. The van der Waals surface area contributed by atoms with E-state index in [4.69, 9.17) is 0 Å². The number of benzene rings is 2. The van der Waals surface area contributed by atoms with Crippen molar-refractivity contribution in [3.8, 4) is 16.9 Å². The third-order valence-corrected chi connectivity index (χ3v) is 2.29. The second kappa shape index (κ2) is 5.82. The summed E-state index contributed by atoms with van der Waals surface area (Å²) in [7, 11) is 0. The minimum Gasteiger partial charge on any atom is -1.00 e. The second-order valence-electron chi connectivity index (χ2n) is 3.32. The number of phenolic OH excluding ortho intramolecular Hbond substituents is 1. The van der Waals surface area contributed by atoms with Crippen LogP contribution in [0.15, 0.2) is 48.5 Å². The molecular weight excluding hydrogens is 229 g/mol. The Bertz CT molecular complexity index is 531. The summed E-state index contributed by atoms with van der Waals surface area (Å²) in [5.74, 6) is 0.163. The largest absolute Gasteiger partial charge is 1.00 e. The molecule has 2 aromatic rings. The molecule has 0 spiro atoms. The fourth-order valence-electron chi connectivity index (χ4n) is 1.48. The van der Waals surface area contributed by atoms with Crippen molar-refractivity contribution in [1.82, 2.24) is 0 Å². The van der Waals surface area contributed by atoms with Crippen LogP contribution in [0.1, 0.15) is 1.43 Å². The number of non-ortho nitro benzene ring substituents is 1. The molecule has 82 valence electrons. The first-order valence-corrected chi connectivity index (χ1v) is 4.71. The van der Waals surface area contributed by atoms with E-state index < -0.39 is 4.92 Å². The van der Waals surface area contributed by atoms with E-state index in [9.17, 15) is 15.2 Å². The standard InChI is InChI=1S/C12H9NO3.Na.H/c14-12-4-2-1-3-11(12)9-5-7-10(8-6-9)13(15)16;;/h1-8,14H;;/q;+1;-1. The summed E-state index contributed by atoms with van der Waals surface area (Å²) in [6.45, 7) is 0. The van der Waals surface area contributed by atoms with Gasteiger partial charge in [-0.05, 0) is 23.8 Å². The van der Waals surface area contributed by atoms with Crippen molar-refractivity contribution >= 4 is 5.69 Å². The van der Waals surface area contributed by atoms with E-state index in [0.29, 0.717) is 5.56 Å². The van der Waals surface area contributed by atoms with Crippen molar-refractivity contribution in [1.29, 1.82) is 0 Å². The molecule has 17 heavy (non-hydrogen) atoms. The molecule has 0 aliphatic rings. The van der Waals surface area contributed by atoms with Crippen LogP contribution in [-0.2, 0) is 0 Å². The van der Waals surface area contributed by atoms with Crippen molar-refractivity contribution in [2.45, 2.75) is 0 Å². The maximum Gasteiger partial charge on any atom is 1.00 e. The summed E-state index contributed by atoms with van der Waals surface area (Å²) >= 11 is 0. The van der Waals surface area contributed by atoms with E-state index in [1.807, 2.05) is 0 Å². The van der Waals surface area contributed by atoms with E-state index in [1.165, 1.54) is 12.1 Å². The van der Waals surface area contributed by atoms with Gasteiger partial charge in [0, 0.05) is 17.7 Å². The van der Waals surface area contributed by atoms with E-state index in [2.05, 4.69) is 0 Å². The number of rotatable bonds is 2. The topological polar surface area (TPSA) is 63.4 Å². The van der Waals surface area contributed by atoms with E-state index in [0.717, 1.165) is 5.56 Å². The van der Waals surface area contributed by atoms with Crippen molar-refractivity contribution in [3.63, 3.8) is 0 Å². The molecule has 0 atom stereocenters. The normalized spacial score (nSPS) is 9.41. The Kier molecular flexibility index (Phi) is 4.69. The molecule has 0 aliphatic carbocycles. The SMILES string of the molecule is O=[N+]([O-])c1ccc(-c2ccccc2O)cc1.[H-].[Na+]. The van der Waals surface area contributed by atoms with Crippen molar-refractivity contribution in [2.24, 2.45) is 0 Å². The van der Waals surface area contributed by atoms with Crippen LogP contribution >= 0.6 is 0 Å². The number of hydrogen-bond donors (Lipinski definition) is 1. The van der Waals surface area contributed by atoms with Gasteiger partial charge in [-0.25, -0.2) is 0 Å². The first-order valence-electron chi connectivity index (χ1n) is 4.71. The number of aromatic hydroxyl groups is 1. The average molecular weight is 239 g/mol. The molecule has 0 saturated heterocycles. The Balaban J connectivity index is 0.00000144. The van der Waals surface area contributed by atoms with Gasteiger partial charge >= 0.3 is 29.6 Å². The molecule has 2 aromatic carbocycles. The third-order valence-electron chi connectivity index (χ3n) is 2.29. The van der Waals surface area contributed by atoms with Crippen LogP contribution in [0, 0.1) is 10.1 Å². The van der Waals surface area contributed by atoms with E-state index >= 15 is 0 Å². The number of para-hydroxylation sites is 1. The van der Waals surface area contributed by atoms with Crippen molar-refractivity contribution < 1.29 is 41.0 Å². The number of nitro benzene ring substituents is 1. The monoisotopic (exact) mass is 239 g/mol. The molecule has 4 nitrogen and oxygen atoms in total. The number of phenols is 1. The smallest absolute Gasteiger partial charge is 1.00 e. The van der Waals surface area contributed by atoms with E-state index in [1.54, 1.807) is 36.4 Å². The molecule has 5 heteroatoms. The van der Waals surface area contributed by atoms with Crippen LogP contribution in [0.2, 0.25) is 0 Å². The fourth-order valence-corrected chi connectivity index (χ4v) is 1.48. The van der Waals surface area contributed by atoms with Crippen LogP contribution in [-0.4, -0.2) is 10.0 Å². The quantitative estimate of drug-likeness (QED) is 0.458. The summed E-state index contributed by atoms with van der Waals surface area (Å²) in [6.07, 6.45) is 0. The third kappa shape index (κ3) is 3.06. The zero-order chi connectivity index (χ0) is 11.5. The molecule has 1 N–H and O–H groups in total. The van der Waals surface area contributed by atoms with Crippen LogP contribution in [0.4, 0.5) is 5.69 Å². The zero-order valence-corrected chi connectivity index (χ0v) is 11.3. The molecule has 0 aliphatic heterocycles. The molecule has 0 radical (unpaired) electrons. The van der Waals surface area contributed by atoms with Gasteiger partial charge in [0.05, 0.1) is 4.92 Å². The van der Waals surface area contributed by atoms with Gasteiger partial charge in [-0.1, -0.05) is 18.2 Å². The van der Waals surface area contributed by atoms with Gasteiger partial charge in [0.1, 0.15) is 5.75 Å². The van der Waals surface area contributed by atoms with Gasteiger partial charge in [-0.15, -0.1) is 0 Å². The van der Waals surface area contributed by atoms with Gasteiger partial charge in [0.2, 0.25) is 0 Å². The summed E-state index contributed by atoms with van der Waals surface area (Å²) in [5.41, 5.74) is 1.46. The van der Waals surface area contributed by atoms with Gasteiger partial charge in [-0.2, -0.15) is 0 Å². The predicted octanol–water partition coefficient (Wildman–Crippen LogP) is 0.0839. The Hall–Kier alpha value is -1.36. The summed E-state index contributed by atoms with van der Waals surface area (Å²) < 4.78 is 0. The second-order valence-corrected chi connectivity index (χ2v) is 3.32. The predicted molar refractivity (Wildman–Crippen MR) is 61.3 cm³/mol. The number of nitrogens with zero attached hydrogens (tertiary/aromatic N) is 1. The summed E-state index contributed by atoms with van der Waals surface area (Å²) in [5, 5.41) is 20.1. The Morgan fingerprint density at radius 3 is 2.18 bits per heavy atom. The molecule has 0 aromatic heterocycles. The molecule has 0 fully saturated rings. The molecule has 0 heterocycles. The maximum absolute atomic E-state index is 10.5. The zero-order valence-electron chi connectivity index (χ0n) is 10.3. The van der Waals surface area contributed by atoms with Crippen LogP contribution in [0.5, 0.6) is 5.75 Å². The molecule has 2 rings (SSSR count). The first-order chi connectivity index (χ1) is 7.68. The average Bonchev–Trinajstić information content (AvgIpc) is 2.30. The summed E-state index contributed by atoms with van der Waals surface area (Å²) in [6, 6.07) is 12.9. The fraction of sp³-hybridized carbons (Fsp3) is 0. The van der Waals surface area contributed by atoms with Crippen molar-refractivity contribution in [2.75, 3.05) is 0 Å². The Morgan fingerprint density at radius 2 is 1.65 bits per heavy atom. The molecular formula is C12H10NNaO3. The molecule has 0 saturated carbocycles. The number of nitro groups is 1. The van der Waals surface area contributed by atoms with E-state index in [-0.39, 0.29) is 42.4 Å². The Labute approximate surface area is 122 Å². The maximum atomic E-state index is 10.5. The van der Waals surface area contributed by atoms with Gasteiger partial charge in [0.25, 0.3) is 5.69 Å². The van der Waals surface area contributed by atoms with Gasteiger partial charge in [0.15, 0.2) is 0 Å². The van der Waals surface area contributed by atoms with Crippen LogP contribution in [0.25, 0.3) is 11.1 Å². The molecule has 0 bridgehead atoms. The minimum absolute atomic E-state index is 0. The summed E-state index contributed by atoms with van der Waals surface area (Å²) in [4.78, 5) is 10.0. The van der Waals surface area contributed by atoms with Gasteiger partial charge < -0.3 is 6.53 Å². The Morgan fingerprint density at radius 1 is 1.06 bits per heavy atom. The minimum atomic E-state index is -0.450. The number of hydrogen-bond acceptors (Lipinski definition) is 3. The van der Waals surface area contributed by atoms with Crippen LogP contribution < -0.4 is 29.6 Å².